The number of benzene rings is 2. The Balaban J connectivity index is 0.000000509. The molecule has 4 rings (SSSR count). The zero-order valence-electron chi connectivity index (χ0n) is 17.1. The number of hydrogen-bond donors (Lipinski definition) is 8. The Hall–Kier alpha value is -2.88. The first-order chi connectivity index (χ1) is 15.3. The van der Waals surface area contributed by atoms with Crippen molar-refractivity contribution in [3.8, 4) is 11.1 Å². The number of rotatable bonds is 5. The number of nitrogen functional groups attached to an aromatic ring is 1. The number of anilines is 1. The predicted octanol–water partition coefficient (Wildman–Crippen LogP) is -0.121. The molecule has 0 aliphatic carbocycles. The lowest BCUT2D eigenvalue weighted by Crippen LogP contribution is -2.27. The van der Waals surface area contributed by atoms with Crippen LogP contribution in [-0.4, -0.2) is 37.3 Å². The minimum Gasteiger partial charge on any atom is -0.382 e. The van der Waals surface area contributed by atoms with E-state index in [-0.39, 0.29) is 27.1 Å². The van der Waals surface area contributed by atoms with Gasteiger partial charge < -0.3 is 21.8 Å². The van der Waals surface area contributed by atoms with Gasteiger partial charge in [0.15, 0.2) is 11.8 Å². The Morgan fingerprint density at radius 2 is 1.88 bits per heavy atom. The number of aromatic nitrogens is 2. The second kappa shape index (κ2) is 10.2. The average molecular weight is 479 g/mol. The van der Waals surface area contributed by atoms with Gasteiger partial charge in [-0.3, -0.25) is 5.14 Å². The van der Waals surface area contributed by atoms with Gasteiger partial charge in [-0.15, -0.1) is 5.10 Å². The minimum absolute atomic E-state index is 0.0555. The molecule has 0 amide bonds. The molecular weight excluding hydrogens is 452 g/mol. The van der Waals surface area contributed by atoms with Gasteiger partial charge in [0.1, 0.15) is 4.90 Å². The summed E-state index contributed by atoms with van der Waals surface area (Å²) in [6.45, 7) is 2.50. The molecule has 0 saturated carbocycles. The Bertz CT molecular complexity index is 1230. The summed E-state index contributed by atoms with van der Waals surface area (Å²) in [4.78, 5) is 7.13. The van der Waals surface area contributed by atoms with E-state index in [1.807, 2.05) is 5.53 Å². The van der Waals surface area contributed by atoms with Crippen LogP contribution in [-0.2, 0) is 10.0 Å². The molecule has 3 aromatic rings. The number of nitrogens with zero attached hydrogens (tertiary/aromatic N) is 2. The van der Waals surface area contributed by atoms with Gasteiger partial charge in [0.25, 0.3) is 0 Å². The molecule has 172 valence electrons. The summed E-state index contributed by atoms with van der Waals surface area (Å²) in [6, 6.07) is 8.47. The molecule has 14 heteroatoms. The van der Waals surface area contributed by atoms with Crippen LogP contribution in [0, 0.1) is 0 Å². The topological polar surface area (TPSA) is 229 Å². The SMILES string of the molecule is C1CCNC1.NN/N=C(\N)c1c(-c2cccc3[nH]c(N)nc23)ccc(SN)c1S(N)(=O)=O. The number of amidine groups is 1. The third kappa shape index (κ3) is 5.12. The highest BCUT2D eigenvalue weighted by Gasteiger charge is 2.26. The summed E-state index contributed by atoms with van der Waals surface area (Å²) in [6.07, 6.45) is 2.78. The minimum atomic E-state index is -4.20. The zero-order valence-corrected chi connectivity index (χ0v) is 18.8. The monoisotopic (exact) mass is 478 g/mol. The van der Waals surface area contributed by atoms with Crippen LogP contribution in [0.5, 0.6) is 0 Å². The summed E-state index contributed by atoms with van der Waals surface area (Å²) in [7, 11) is -4.20. The van der Waals surface area contributed by atoms with Crippen molar-refractivity contribution >= 4 is 44.8 Å². The van der Waals surface area contributed by atoms with E-state index in [0.717, 1.165) is 11.9 Å². The number of imidazole rings is 1. The zero-order chi connectivity index (χ0) is 23.3. The molecule has 1 aliphatic rings. The van der Waals surface area contributed by atoms with Crippen molar-refractivity contribution in [2.75, 3.05) is 18.8 Å². The number of hydrazine groups is 1. The summed E-state index contributed by atoms with van der Waals surface area (Å²) >= 11 is 0.720. The van der Waals surface area contributed by atoms with Crippen molar-refractivity contribution in [2.45, 2.75) is 22.6 Å². The van der Waals surface area contributed by atoms with Crippen molar-refractivity contribution < 1.29 is 8.42 Å². The molecule has 2 aromatic carbocycles. The van der Waals surface area contributed by atoms with Crippen molar-refractivity contribution in [3.05, 3.63) is 35.9 Å². The Labute approximate surface area is 189 Å². The number of aromatic amines is 1. The fourth-order valence-corrected chi connectivity index (χ4v) is 5.13. The molecule has 0 bridgehead atoms. The maximum Gasteiger partial charge on any atom is 0.239 e. The van der Waals surface area contributed by atoms with Gasteiger partial charge in [-0.1, -0.05) is 18.2 Å². The van der Waals surface area contributed by atoms with Crippen LogP contribution in [0.1, 0.15) is 18.4 Å². The smallest absolute Gasteiger partial charge is 0.239 e. The first-order valence-corrected chi connectivity index (χ1v) is 12.0. The van der Waals surface area contributed by atoms with Gasteiger partial charge in [-0.2, -0.15) is 0 Å². The number of para-hydroxylation sites is 1. The summed E-state index contributed by atoms with van der Waals surface area (Å²) in [5.74, 6) is 5.24. The lowest BCUT2D eigenvalue weighted by molar-refractivity contribution is 0.595. The first-order valence-electron chi connectivity index (χ1n) is 9.59. The van der Waals surface area contributed by atoms with Crippen molar-refractivity contribution in [2.24, 2.45) is 27.0 Å². The molecule has 13 N–H and O–H groups in total. The van der Waals surface area contributed by atoms with E-state index in [9.17, 15) is 8.42 Å². The summed E-state index contributed by atoms with van der Waals surface area (Å²) in [5, 5.41) is 18.0. The Morgan fingerprint density at radius 1 is 1.16 bits per heavy atom. The van der Waals surface area contributed by atoms with Gasteiger partial charge in [-0.25, -0.2) is 29.9 Å². The first kappa shape index (κ1) is 23.8. The Morgan fingerprint density at radius 3 is 2.44 bits per heavy atom. The summed E-state index contributed by atoms with van der Waals surface area (Å²) in [5.41, 5.74) is 16.0. The third-order valence-corrected chi connectivity index (χ3v) is 6.47. The number of fused-ring (bicyclic) bond motifs is 1. The highest BCUT2D eigenvalue weighted by molar-refractivity contribution is 7.98. The summed E-state index contributed by atoms with van der Waals surface area (Å²) < 4.78 is 24.6. The molecule has 1 saturated heterocycles. The number of hydrogen-bond acceptors (Lipinski definition) is 10. The van der Waals surface area contributed by atoms with Crippen LogP contribution in [0.15, 0.2) is 45.2 Å². The largest absolute Gasteiger partial charge is 0.382 e. The molecule has 1 aliphatic heterocycles. The molecule has 0 unspecified atom stereocenters. The van der Waals surface area contributed by atoms with E-state index in [1.165, 1.54) is 32.0 Å². The van der Waals surface area contributed by atoms with Crippen molar-refractivity contribution in [1.82, 2.24) is 20.8 Å². The fraction of sp³-hybridized carbons (Fsp3) is 0.222. The molecule has 12 nitrogen and oxygen atoms in total. The maximum absolute atomic E-state index is 12.3. The lowest BCUT2D eigenvalue weighted by Gasteiger charge is -2.16. The predicted molar refractivity (Wildman–Crippen MR) is 128 cm³/mol. The van der Waals surface area contributed by atoms with Crippen LogP contribution in [0.3, 0.4) is 0 Å². The molecule has 0 spiro atoms. The molecular formula is C18H26N10O2S2. The maximum atomic E-state index is 12.3. The standard InChI is InChI=1S/C14H17N9O2S2.C4H9N/c15-13(22-23-17)10-6(4-5-9(26-18)12(10)27(19,24)25)7-2-1-3-8-11(7)21-14(16)20-8;1-2-4-5-3-1/h1-5,23H,17-18H2,(H2,15,22)(H3,16,20,21)(H2,19,24,25);5H,1-4H2. The molecule has 0 atom stereocenters. The molecule has 2 heterocycles. The van der Waals surface area contributed by atoms with Gasteiger partial charge in [0.2, 0.25) is 10.0 Å². The fourth-order valence-electron chi connectivity index (χ4n) is 3.44. The van der Waals surface area contributed by atoms with E-state index in [2.05, 4.69) is 20.4 Å². The van der Waals surface area contributed by atoms with E-state index < -0.39 is 10.0 Å². The van der Waals surface area contributed by atoms with Gasteiger partial charge >= 0.3 is 0 Å². The number of hydrazone groups is 1. The molecule has 1 fully saturated rings. The quantitative estimate of drug-likeness (QED) is 0.0796. The highest BCUT2D eigenvalue weighted by atomic mass is 32.2. The number of nitrogens with two attached hydrogens (primary N) is 5. The number of H-pyrrole nitrogens is 1. The normalized spacial score (nSPS) is 14.3. The Kier molecular flexibility index (Phi) is 7.55. The van der Waals surface area contributed by atoms with E-state index in [0.29, 0.717) is 22.2 Å². The average Bonchev–Trinajstić information content (AvgIpc) is 3.44. The van der Waals surface area contributed by atoms with Crippen LogP contribution in [0.25, 0.3) is 22.2 Å². The van der Waals surface area contributed by atoms with E-state index in [1.54, 1.807) is 24.3 Å². The van der Waals surface area contributed by atoms with Crippen molar-refractivity contribution in [3.63, 3.8) is 0 Å². The van der Waals surface area contributed by atoms with E-state index in [4.69, 9.17) is 27.6 Å². The lowest BCUT2D eigenvalue weighted by atomic mass is 9.97. The highest BCUT2D eigenvalue weighted by Crippen LogP contribution is 2.36. The van der Waals surface area contributed by atoms with Crippen molar-refractivity contribution in [1.29, 1.82) is 0 Å². The van der Waals surface area contributed by atoms with Gasteiger partial charge in [0, 0.05) is 16.0 Å². The second-order valence-corrected chi connectivity index (χ2v) is 9.06. The second-order valence-electron chi connectivity index (χ2n) is 6.89. The number of sulfonamides is 1. The molecule has 32 heavy (non-hydrogen) atoms. The van der Waals surface area contributed by atoms with Gasteiger partial charge in [0.05, 0.1) is 11.0 Å². The third-order valence-electron chi connectivity index (χ3n) is 4.75. The number of nitrogens with one attached hydrogen (secondary N) is 3. The molecule has 1 aromatic heterocycles. The number of primary sulfonamides is 1. The van der Waals surface area contributed by atoms with Crippen LogP contribution in [0.4, 0.5) is 5.95 Å². The van der Waals surface area contributed by atoms with Crippen LogP contribution < -0.4 is 38.4 Å². The van der Waals surface area contributed by atoms with E-state index >= 15 is 0 Å². The molecule has 0 radical (unpaired) electrons. The van der Waals surface area contributed by atoms with Gasteiger partial charge in [-0.05, 0) is 55.6 Å². The van der Waals surface area contributed by atoms with Crippen LogP contribution in [0.2, 0.25) is 0 Å². The van der Waals surface area contributed by atoms with Crippen LogP contribution >= 0.6 is 11.9 Å².